The van der Waals surface area contributed by atoms with Gasteiger partial charge in [-0.25, -0.2) is 0 Å². The highest BCUT2D eigenvalue weighted by Crippen LogP contribution is 2.32. The topological polar surface area (TPSA) is 36.0 Å². The molecule has 1 unspecified atom stereocenters. The van der Waals surface area contributed by atoms with Gasteiger partial charge in [0.15, 0.2) is 0 Å². The average molecular weight is 273 g/mol. The second-order valence-electron chi connectivity index (χ2n) is 5.26. The Morgan fingerprint density at radius 1 is 0.714 bits per heavy atom. The van der Waals surface area contributed by atoms with E-state index >= 15 is 0 Å². The van der Waals surface area contributed by atoms with E-state index in [1.54, 1.807) is 0 Å². The van der Waals surface area contributed by atoms with Crippen LogP contribution in [0.1, 0.15) is 17.2 Å². The van der Waals surface area contributed by atoms with Crippen molar-refractivity contribution in [2.45, 2.75) is 6.10 Å². The van der Waals surface area contributed by atoms with Gasteiger partial charge >= 0.3 is 0 Å². The minimum absolute atomic E-state index is 0.632. The second kappa shape index (κ2) is 4.76. The predicted molar refractivity (Wildman–Crippen MR) is 86.3 cm³/mol. The molecule has 0 saturated carbocycles. The van der Waals surface area contributed by atoms with E-state index in [2.05, 4.69) is 23.2 Å². The third kappa shape index (κ3) is 1.92. The highest BCUT2D eigenvalue weighted by Gasteiger charge is 2.16. The average Bonchev–Trinajstić information content (AvgIpc) is 2.98. The largest absolute Gasteiger partial charge is 0.384 e. The molecule has 0 radical (unpaired) electrons. The van der Waals surface area contributed by atoms with E-state index in [-0.39, 0.29) is 0 Å². The van der Waals surface area contributed by atoms with Gasteiger partial charge in [0.1, 0.15) is 6.10 Å². The van der Waals surface area contributed by atoms with E-state index in [1.807, 2.05) is 54.7 Å². The van der Waals surface area contributed by atoms with Crippen molar-refractivity contribution in [3.63, 3.8) is 0 Å². The van der Waals surface area contributed by atoms with Crippen molar-refractivity contribution < 1.29 is 5.11 Å². The quantitative estimate of drug-likeness (QED) is 0.558. The summed E-state index contributed by atoms with van der Waals surface area (Å²) in [5.74, 6) is 0. The summed E-state index contributed by atoms with van der Waals surface area (Å²) in [6, 6.07) is 22.3. The highest BCUT2D eigenvalue weighted by atomic mass is 16.3. The summed E-state index contributed by atoms with van der Waals surface area (Å²) in [5.41, 5.74) is 2.91. The first-order chi connectivity index (χ1) is 10.3. The minimum atomic E-state index is -0.632. The van der Waals surface area contributed by atoms with Crippen molar-refractivity contribution in [1.82, 2.24) is 4.98 Å². The van der Waals surface area contributed by atoms with Crippen molar-refractivity contribution in [2.24, 2.45) is 0 Å². The summed E-state index contributed by atoms with van der Waals surface area (Å²) in [6.07, 6.45) is 1.27. The van der Waals surface area contributed by atoms with Gasteiger partial charge < -0.3 is 10.1 Å². The zero-order valence-electron chi connectivity index (χ0n) is 11.5. The molecule has 0 fully saturated rings. The maximum absolute atomic E-state index is 10.9. The predicted octanol–water partition coefficient (Wildman–Crippen LogP) is 4.40. The Morgan fingerprint density at radius 2 is 1.43 bits per heavy atom. The molecule has 2 heteroatoms. The summed E-state index contributed by atoms with van der Waals surface area (Å²) >= 11 is 0. The Bertz CT molecular complexity index is 918. The fraction of sp³-hybridized carbons (Fsp3) is 0.0526. The van der Waals surface area contributed by atoms with Crippen LogP contribution in [-0.2, 0) is 0 Å². The van der Waals surface area contributed by atoms with Crippen LogP contribution in [0.2, 0.25) is 0 Å². The van der Waals surface area contributed by atoms with Crippen molar-refractivity contribution in [3.8, 4) is 0 Å². The van der Waals surface area contributed by atoms with Gasteiger partial charge in [-0.1, -0.05) is 60.7 Å². The molecule has 0 aliphatic carbocycles. The number of aliphatic hydroxyl groups is 1. The van der Waals surface area contributed by atoms with Crippen LogP contribution in [0.5, 0.6) is 0 Å². The highest BCUT2D eigenvalue weighted by molar-refractivity contribution is 5.88. The van der Waals surface area contributed by atoms with Crippen LogP contribution in [0.15, 0.2) is 72.9 Å². The first kappa shape index (κ1) is 12.2. The molecule has 0 bridgehead atoms. The standard InChI is InChI=1S/C19H15NO/c21-19(17-12-20-18-11-4-3-9-15(17)18)16-10-5-7-13-6-1-2-8-14(13)16/h1-12,19-21H. The van der Waals surface area contributed by atoms with E-state index in [1.165, 1.54) is 0 Å². The summed E-state index contributed by atoms with van der Waals surface area (Å²) < 4.78 is 0. The molecule has 21 heavy (non-hydrogen) atoms. The normalized spacial score (nSPS) is 12.8. The first-order valence-electron chi connectivity index (χ1n) is 7.06. The molecular weight excluding hydrogens is 258 g/mol. The maximum atomic E-state index is 10.9. The number of aromatic nitrogens is 1. The lowest BCUT2D eigenvalue weighted by molar-refractivity contribution is 0.223. The third-order valence-electron chi connectivity index (χ3n) is 4.03. The van der Waals surface area contributed by atoms with Gasteiger partial charge in [0, 0.05) is 22.7 Å². The Balaban J connectivity index is 1.92. The van der Waals surface area contributed by atoms with Gasteiger partial charge in [-0.05, 0) is 22.4 Å². The van der Waals surface area contributed by atoms with Gasteiger partial charge in [-0.2, -0.15) is 0 Å². The molecule has 1 atom stereocenters. The minimum Gasteiger partial charge on any atom is -0.384 e. The third-order valence-corrected chi connectivity index (χ3v) is 4.03. The summed E-state index contributed by atoms with van der Waals surface area (Å²) in [4.78, 5) is 3.23. The maximum Gasteiger partial charge on any atom is 0.107 e. The van der Waals surface area contributed by atoms with Crippen molar-refractivity contribution >= 4 is 21.7 Å². The van der Waals surface area contributed by atoms with E-state index in [0.717, 1.165) is 32.8 Å². The van der Waals surface area contributed by atoms with Gasteiger partial charge in [0.05, 0.1) is 0 Å². The molecule has 2 N–H and O–H groups in total. The van der Waals surface area contributed by atoms with E-state index in [0.29, 0.717) is 0 Å². The van der Waals surface area contributed by atoms with Crippen LogP contribution >= 0.6 is 0 Å². The van der Waals surface area contributed by atoms with Crippen molar-refractivity contribution in [2.75, 3.05) is 0 Å². The molecule has 0 aliphatic heterocycles. The molecule has 3 aromatic carbocycles. The number of fused-ring (bicyclic) bond motifs is 2. The van der Waals surface area contributed by atoms with Gasteiger partial charge in [0.2, 0.25) is 0 Å². The fourth-order valence-corrected chi connectivity index (χ4v) is 2.98. The summed E-state index contributed by atoms with van der Waals surface area (Å²) in [5, 5.41) is 14.2. The van der Waals surface area contributed by atoms with Gasteiger partial charge in [0.25, 0.3) is 0 Å². The molecule has 2 nitrogen and oxygen atoms in total. The molecule has 1 aromatic heterocycles. The Labute approximate surface area is 122 Å². The number of aliphatic hydroxyl groups excluding tert-OH is 1. The molecule has 4 aromatic rings. The molecule has 102 valence electrons. The Hall–Kier alpha value is -2.58. The lowest BCUT2D eigenvalue weighted by Gasteiger charge is -2.13. The number of aromatic amines is 1. The van der Waals surface area contributed by atoms with Crippen LogP contribution in [0, 0.1) is 0 Å². The molecule has 0 amide bonds. The van der Waals surface area contributed by atoms with Crippen molar-refractivity contribution in [3.05, 3.63) is 84.1 Å². The van der Waals surface area contributed by atoms with Crippen LogP contribution in [0.25, 0.3) is 21.7 Å². The van der Waals surface area contributed by atoms with Crippen molar-refractivity contribution in [1.29, 1.82) is 0 Å². The number of hydrogen-bond acceptors (Lipinski definition) is 1. The monoisotopic (exact) mass is 273 g/mol. The summed E-state index contributed by atoms with van der Waals surface area (Å²) in [6.45, 7) is 0. The van der Waals surface area contributed by atoms with Crippen LogP contribution < -0.4 is 0 Å². The Kier molecular flexibility index (Phi) is 2.76. The number of nitrogens with one attached hydrogen (secondary N) is 1. The van der Waals surface area contributed by atoms with E-state index in [9.17, 15) is 5.11 Å². The smallest absolute Gasteiger partial charge is 0.107 e. The molecular formula is C19H15NO. The number of hydrogen-bond donors (Lipinski definition) is 2. The molecule has 0 aliphatic rings. The lowest BCUT2D eigenvalue weighted by Crippen LogP contribution is -1.99. The van der Waals surface area contributed by atoms with Crippen LogP contribution in [0.4, 0.5) is 0 Å². The summed E-state index contributed by atoms with van der Waals surface area (Å²) in [7, 11) is 0. The SMILES string of the molecule is OC(c1cccc2ccccc12)c1c[nH]c2ccccc12. The molecule has 0 saturated heterocycles. The number of rotatable bonds is 2. The molecule has 1 heterocycles. The number of H-pyrrole nitrogens is 1. The molecule has 4 rings (SSSR count). The molecule has 0 spiro atoms. The van der Waals surface area contributed by atoms with Gasteiger partial charge in [-0.15, -0.1) is 0 Å². The second-order valence-corrected chi connectivity index (χ2v) is 5.26. The lowest BCUT2D eigenvalue weighted by atomic mass is 9.96. The zero-order chi connectivity index (χ0) is 14.2. The van der Waals surface area contributed by atoms with E-state index < -0.39 is 6.10 Å². The zero-order valence-corrected chi connectivity index (χ0v) is 11.5. The van der Waals surface area contributed by atoms with Crippen LogP contribution in [0.3, 0.4) is 0 Å². The first-order valence-corrected chi connectivity index (χ1v) is 7.06. The fourth-order valence-electron chi connectivity index (χ4n) is 2.98. The number of benzene rings is 3. The van der Waals surface area contributed by atoms with Gasteiger partial charge in [-0.3, -0.25) is 0 Å². The van der Waals surface area contributed by atoms with E-state index in [4.69, 9.17) is 0 Å². The van der Waals surface area contributed by atoms with Crippen LogP contribution in [-0.4, -0.2) is 10.1 Å². The number of para-hydroxylation sites is 1. The Morgan fingerprint density at radius 3 is 2.33 bits per heavy atom.